The van der Waals surface area contributed by atoms with Crippen molar-refractivity contribution in [3.05, 3.63) is 23.5 Å². The summed E-state index contributed by atoms with van der Waals surface area (Å²) in [7, 11) is 1.35. The van der Waals surface area contributed by atoms with Gasteiger partial charge >= 0.3 is 0 Å². The lowest BCUT2D eigenvalue weighted by Crippen LogP contribution is -1.98. The van der Waals surface area contributed by atoms with Crippen LogP contribution in [0.1, 0.15) is 24.8 Å². The number of phenols is 1. The Morgan fingerprint density at radius 1 is 1.60 bits per heavy atom. The topological polar surface area (TPSA) is 46.5 Å². The molecule has 1 aromatic carbocycles. The van der Waals surface area contributed by atoms with E-state index >= 15 is 0 Å². The first-order valence-electron chi connectivity index (χ1n) is 4.60. The van der Waals surface area contributed by atoms with E-state index in [1.54, 1.807) is 6.92 Å². The lowest BCUT2D eigenvalue weighted by atomic mass is 9.97. The number of benzene rings is 1. The zero-order chi connectivity index (χ0) is 11.4. The van der Waals surface area contributed by atoms with Gasteiger partial charge in [0.05, 0.1) is 7.11 Å². The van der Waals surface area contributed by atoms with Gasteiger partial charge in [-0.05, 0) is 12.0 Å². The monoisotopic (exact) mass is 212 g/mol. The van der Waals surface area contributed by atoms with Crippen molar-refractivity contribution >= 4 is 6.29 Å². The van der Waals surface area contributed by atoms with Gasteiger partial charge in [-0.25, -0.2) is 4.39 Å². The number of aldehydes is 1. The number of rotatable bonds is 4. The van der Waals surface area contributed by atoms with Gasteiger partial charge in [0, 0.05) is 18.1 Å². The summed E-state index contributed by atoms with van der Waals surface area (Å²) in [5.41, 5.74) is 0.514. The van der Waals surface area contributed by atoms with Gasteiger partial charge in [0.15, 0.2) is 11.6 Å². The largest absolute Gasteiger partial charge is 0.508 e. The average molecular weight is 212 g/mol. The van der Waals surface area contributed by atoms with Crippen molar-refractivity contribution in [2.45, 2.75) is 19.3 Å². The highest BCUT2D eigenvalue weighted by molar-refractivity contribution is 5.53. The van der Waals surface area contributed by atoms with E-state index in [4.69, 9.17) is 4.74 Å². The molecule has 0 radical (unpaired) electrons. The lowest BCUT2D eigenvalue weighted by molar-refractivity contribution is -0.108. The molecule has 0 heterocycles. The predicted octanol–water partition coefficient (Wildman–Crippen LogP) is 2.23. The molecule has 1 atom stereocenters. The highest BCUT2D eigenvalue weighted by Gasteiger charge is 2.14. The number of aromatic hydroxyl groups is 1. The first-order chi connectivity index (χ1) is 7.10. The van der Waals surface area contributed by atoms with Crippen molar-refractivity contribution in [3.63, 3.8) is 0 Å². The Balaban J connectivity index is 3.11. The third kappa shape index (κ3) is 2.46. The maximum Gasteiger partial charge on any atom is 0.168 e. The molecule has 0 saturated carbocycles. The number of carbonyl (C=O) groups excluding carboxylic acids is 1. The molecule has 1 aromatic rings. The van der Waals surface area contributed by atoms with Gasteiger partial charge in [-0.1, -0.05) is 6.92 Å². The Morgan fingerprint density at radius 2 is 2.27 bits per heavy atom. The second-order valence-electron chi connectivity index (χ2n) is 3.35. The minimum absolute atomic E-state index is 0.0700. The first kappa shape index (κ1) is 11.5. The number of hydrogen-bond acceptors (Lipinski definition) is 3. The first-order valence-corrected chi connectivity index (χ1v) is 4.60. The molecule has 0 aromatic heterocycles. The second kappa shape index (κ2) is 4.77. The summed E-state index contributed by atoms with van der Waals surface area (Å²) in [6, 6.07) is 2.41. The molecular formula is C11H13FO3. The van der Waals surface area contributed by atoms with Crippen LogP contribution in [0.4, 0.5) is 4.39 Å². The summed E-state index contributed by atoms with van der Waals surface area (Å²) in [6.45, 7) is 1.78. The number of hydrogen-bond donors (Lipinski definition) is 1. The molecule has 15 heavy (non-hydrogen) atoms. The molecule has 82 valence electrons. The Labute approximate surface area is 87.5 Å². The zero-order valence-electron chi connectivity index (χ0n) is 8.66. The third-order valence-electron chi connectivity index (χ3n) is 2.28. The summed E-state index contributed by atoms with van der Waals surface area (Å²) in [4.78, 5) is 10.3. The number of phenolic OH excluding ortho intramolecular Hbond substituents is 1. The molecule has 0 amide bonds. The van der Waals surface area contributed by atoms with E-state index in [1.165, 1.54) is 13.2 Å². The van der Waals surface area contributed by atoms with E-state index in [2.05, 4.69) is 0 Å². The molecule has 0 bridgehead atoms. The fourth-order valence-corrected chi connectivity index (χ4v) is 1.38. The summed E-state index contributed by atoms with van der Waals surface area (Å²) in [5, 5.41) is 9.50. The van der Waals surface area contributed by atoms with Crippen LogP contribution in [0.15, 0.2) is 12.1 Å². The van der Waals surface area contributed by atoms with Gasteiger partial charge in [-0.15, -0.1) is 0 Å². The quantitative estimate of drug-likeness (QED) is 0.778. The fraction of sp³-hybridized carbons (Fsp3) is 0.364. The molecule has 0 aliphatic heterocycles. The fourth-order valence-electron chi connectivity index (χ4n) is 1.38. The third-order valence-corrected chi connectivity index (χ3v) is 2.28. The summed E-state index contributed by atoms with van der Waals surface area (Å²) in [5.74, 6) is -0.850. The average Bonchev–Trinajstić information content (AvgIpc) is 2.18. The van der Waals surface area contributed by atoms with Crippen LogP contribution in [-0.2, 0) is 4.79 Å². The van der Waals surface area contributed by atoms with Crippen LogP contribution in [-0.4, -0.2) is 18.5 Å². The number of carbonyl (C=O) groups is 1. The van der Waals surface area contributed by atoms with Crippen molar-refractivity contribution < 1.29 is 19.0 Å². The molecule has 1 N–H and O–H groups in total. The van der Waals surface area contributed by atoms with Gasteiger partial charge in [0.1, 0.15) is 12.0 Å². The van der Waals surface area contributed by atoms with Crippen LogP contribution in [0.5, 0.6) is 11.5 Å². The van der Waals surface area contributed by atoms with Crippen LogP contribution < -0.4 is 4.74 Å². The molecule has 1 rings (SSSR count). The Kier molecular flexibility index (Phi) is 3.66. The maximum absolute atomic E-state index is 13.1. The van der Waals surface area contributed by atoms with Crippen molar-refractivity contribution in [3.8, 4) is 11.5 Å². The van der Waals surface area contributed by atoms with Gasteiger partial charge in [0.2, 0.25) is 0 Å². The second-order valence-corrected chi connectivity index (χ2v) is 3.35. The summed E-state index contributed by atoms with van der Waals surface area (Å²) in [6.07, 6.45) is 1.04. The van der Waals surface area contributed by atoms with E-state index in [1.807, 2.05) is 0 Å². The SMILES string of the molecule is COc1cc(C(C)CC=O)c(O)cc1F. The van der Waals surface area contributed by atoms with Crippen molar-refractivity contribution in [1.82, 2.24) is 0 Å². The minimum Gasteiger partial charge on any atom is -0.508 e. The van der Waals surface area contributed by atoms with Crippen LogP contribution in [0.25, 0.3) is 0 Å². The molecule has 0 saturated heterocycles. The molecule has 3 nitrogen and oxygen atoms in total. The van der Waals surface area contributed by atoms with E-state index in [0.717, 1.165) is 12.4 Å². The smallest absolute Gasteiger partial charge is 0.168 e. The molecule has 1 unspecified atom stereocenters. The van der Waals surface area contributed by atoms with Crippen LogP contribution in [0, 0.1) is 5.82 Å². The van der Waals surface area contributed by atoms with E-state index in [-0.39, 0.29) is 23.8 Å². The van der Waals surface area contributed by atoms with Gasteiger partial charge < -0.3 is 14.6 Å². The Bertz CT molecular complexity index is 363. The van der Waals surface area contributed by atoms with Crippen LogP contribution in [0.3, 0.4) is 0 Å². The lowest BCUT2D eigenvalue weighted by Gasteiger charge is -2.12. The van der Waals surface area contributed by atoms with Gasteiger partial charge in [-0.3, -0.25) is 0 Å². The number of halogens is 1. The maximum atomic E-state index is 13.1. The molecule has 0 aliphatic rings. The Hall–Kier alpha value is -1.58. The van der Waals surface area contributed by atoms with Crippen LogP contribution >= 0.6 is 0 Å². The highest BCUT2D eigenvalue weighted by atomic mass is 19.1. The number of methoxy groups -OCH3 is 1. The van der Waals surface area contributed by atoms with Crippen LogP contribution in [0.2, 0.25) is 0 Å². The van der Waals surface area contributed by atoms with E-state index in [9.17, 15) is 14.3 Å². The van der Waals surface area contributed by atoms with Gasteiger partial charge in [0.25, 0.3) is 0 Å². The minimum atomic E-state index is -0.614. The van der Waals surface area contributed by atoms with Crippen molar-refractivity contribution in [2.75, 3.05) is 7.11 Å². The van der Waals surface area contributed by atoms with E-state index in [0.29, 0.717) is 5.56 Å². The molecule has 0 aliphatic carbocycles. The molecule has 4 heteroatoms. The zero-order valence-corrected chi connectivity index (χ0v) is 8.66. The predicted molar refractivity (Wildman–Crippen MR) is 53.7 cm³/mol. The molecule has 0 spiro atoms. The van der Waals surface area contributed by atoms with Crippen molar-refractivity contribution in [2.24, 2.45) is 0 Å². The molecular weight excluding hydrogens is 199 g/mol. The standard InChI is InChI=1S/C11H13FO3/c1-7(3-4-13)8-5-11(15-2)9(12)6-10(8)14/h4-7,14H,3H2,1-2H3. The molecule has 0 fully saturated rings. The van der Waals surface area contributed by atoms with Gasteiger partial charge in [-0.2, -0.15) is 0 Å². The van der Waals surface area contributed by atoms with Crippen molar-refractivity contribution in [1.29, 1.82) is 0 Å². The summed E-state index contributed by atoms with van der Waals surface area (Å²) < 4.78 is 17.9. The summed E-state index contributed by atoms with van der Waals surface area (Å²) >= 11 is 0. The number of ether oxygens (including phenoxy) is 1. The Morgan fingerprint density at radius 3 is 2.80 bits per heavy atom. The van der Waals surface area contributed by atoms with E-state index < -0.39 is 5.82 Å². The highest BCUT2D eigenvalue weighted by Crippen LogP contribution is 2.32. The normalized spacial score (nSPS) is 12.2.